The van der Waals surface area contributed by atoms with E-state index in [-0.39, 0.29) is 5.91 Å². The van der Waals surface area contributed by atoms with Crippen LogP contribution in [0.1, 0.15) is 12.0 Å². The zero-order valence-corrected chi connectivity index (χ0v) is 15.7. The van der Waals surface area contributed by atoms with Gasteiger partial charge < -0.3 is 10.1 Å². The van der Waals surface area contributed by atoms with Crippen molar-refractivity contribution in [1.29, 1.82) is 0 Å². The number of benzene rings is 2. The van der Waals surface area contributed by atoms with E-state index in [1.165, 1.54) is 5.56 Å². The summed E-state index contributed by atoms with van der Waals surface area (Å²) >= 11 is 3.38. The first-order valence-corrected chi connectivity index (χ1v) is 8.73. The summed E-state index contributed by atoms with van der Waals surface area (Å²) in [6, 6.07) is 15.7. The van der Waals surface area contributed by atoms with Gasteiger partial charge in [-0.05, 0) is 68.4 Å². The van der Waals surface area contributed by atoms with Crippen molar-refractivity contribution in [2.45, 2.75) is 12.8 Å². The molecule has 0 bridgehead atoms. The van der Waals surface area contributed by atoms with Gasteiger partial charge in [-0.15, -0.1) is 0 Å². The van der Waals surface area contributed by atoms with E-state index in [0.29, 0.717) is 6.54 Å². The molecule has 2 rings (SSSR count). The highest BCUT2D eigenvalue weighted by Crippen LogP contribution is 2.14. The maximum atomic E-state index is 12.0. The minimum atomic E-state index is 0.00395. The van der Waals surface area contributed by atoms with Gasteiger partial charge in [-0.25, -0.2) is 0 Å². The molecule has 24 heavy (non-hydrogen) atoms. The molecule has 0 unspecified atom stereocenters. The molecule has 0 aromatic heterocycles. The Bertz CT molecular complexity index is 641. The van der Waals surface area contributed by atoms with E-state index in [2.05, 4.69) is 33.4 Å². The molecule has 1 N–H and O–H groups in total. The highest BCUT2D eigenvalue weighted by Gasteiger charge is 2.07. The fraction of sp³-hybridized carbons (Fsp3) is 0.316. The molecule has 0 aliphatic rings. The smallest absolute Gasteiger partial charge is 0.238 e. The van der Waals surface area contributed by atoms with Crippen LogP contribution in [-0.2, 0) is 11.2 Å². The lowest BCUT2D eigenvalue weighted by molar-refractivity contribution is -0.117. The number of carbonyl (C=O) groups is 1. The molecule has 1 amide bonds. The Morgan fingerprint density at radius 3 is 2.42 bits per heavy atom. The van der Waals surface area contributed by atoms with Crippen LogP contribution in [0.4, 0.5) is 5.69 Å². The monoisotopic (exact) mass is 390 g/mol. The Labute approximate surface area is 151 Å². The van der Waals surface area contributed by atoms with Crippen LogP contribution in [-0.4, -0.2) is 38.1 Å². The number of nitrogens with one attached hydrogen (secondary N) is 1. The van der Waals surface area contributed by atoms with Crippen LogP contribution < -0.4 is 10.1 Å². The summed E-state index contributed by atoms with van der Waals surface area (Å²) < 4.78 is 6.15. The number of hydrogen-bond donors (Lipinski definition) is 1. The fourth-order valence-corrected chi connectivity index (χ4v) is 2.67. The molecule has 2 aromatic rings. The number of amides is 1. The number of ether oxygens (including phenoxy) is 1. The van der Waals surface area contributed by atoms with Crippen LogP contribution >= 0.6 is 15.9 Å². The van der Waals surface area contributed by atoms with Crippen LogP contribution in [0.2, 0.25) is 0 Å². The van der Waals surface area contributed by atoms with Gasteiger partial charge in [-0.1, -0.05) is 28.1 Å². The third-order valence-corrected chi connectivity index (χ3v) is 4.23. The van der Waals surface area contributed by atoms with Gasteiger partial charge in [-0.2, -0.15) is 0 Å². The molecule has 0 aliphatic heterocycles. The van der Waals surface area contributed by atoms with Gasteiger partial charge in [0.1, 0.15) is 5.75 Å². The molecule has 128 valence electrons. The summed E-state index contributed by atoms with van der Waals surface area (Å²) in [6.45, 7) is 1.26. The average molecular weight is 391 g/mol. The van der Waals surface area contributed by atoms with E-state index < -0.39 is 0 Å². The first kappa shape index (κ1) is 18.5. The molecule has 0 atom stereocenters. The standard InChI is InChI=1S/C19H23BrN2O2/c1-22(13-3-4-15-5-11-18(24-2)12-6-15)14-19(23)21-17-9-7-16(20)8-10-17/h5-12H,3-4,13-14H2,1-2H3,(H,21,23). The van der Waals surface area contributed by atoms with Gasteiger partial charge in [0.05, 0.1) is 13.7 Å². The van der Waals surface area contributed by atoms with E-state index in [1.54, 1.807) is 7.11 Å². The maximum Gasteiger partial charge on any atom is 0.238 e. The third kappa shape index (κ3) is 6.34. The number of hydrogen-bond acceptors (Lipinski definition) is 3. The van der Waals surface area contributed by atoms with Crippen molar-refractivity contribution in [2.24, 2.45) is 0 Å². The molecule has 0 heterocycles. The SMILES string of the molecule is COc1ccc(CCCN(C)CC(=O)Nc2ccc(Br)cc2)cc1. The van der Waals surface area contributed by atoms with Crippen LogP contribution in [0.25, 0.3) is 0 Å². The molecule has 2 aromatic carbocycles. The summed E-state index contributed by atoms with van der Waals surface area (Å²) in [5.74, 6) is 0.879. The Kier molecular flexibility index (Phi) is 7.28. The number of nitrogens with zero attached hydrogens (tertiary/aromatic N) is 1. The Balaban J connectivity index is 1.69. The zero-order chi connectivity index (χ0) is 17.4. The number of methoxy groups -OCH3 is 1. The van der Waals surface area contributed by atoms with Gasteiger partial charge >= 0.3 is 0 Å². The summed E-state index contributed by atoms with van der Waals surface area (Å²) in [5.41, 5.74) is 2.10. The lowest BCUT2D eigenvalue weighted by Crippen LogP contribution is -2.31. The van der Waals surface area contributed by atoms with Crippen molar-refractivity contribution in [3.63, 3.8) is 0 Å². The number of anilines is 1. The van der Waals surface area contributed by atoms with E-state index in [4.69, 9.17) is 4.74 Å². The van der Waals surface area contributed by atoms with E-state index in [1.807, 2.05) is 48.3 Å². The second-order valence-electron chi connectivity index (χ2n) is 5.74. The molecule has 0 fully saturated rings. The highest BCUT2D eigenvalue weighted by atomic mass is 79.9. The van der Waals surface area contributed by atoms with Crippen LogP contribution in [0, 0.1) is 0 Å². The molecule has 0 saturated heterocycles. The maximum absolute atomic E-state index is 12.0. The molecule has 0 saturated carbocycles. The van der Waals surface area contributed by atoms with E-state index in [0.717, 1.165) is 35.3 Å². The molecular formula is C19H23BrN2O2. The highest BCUT2D eigenvalue weighted by molar-refractivity contribution is 9.10. The lowest BCUT2D eigenvalue weighted by Gasteiger charge is -2.16. The number of carbonyl (C=O) groups excluding carboxylic acids is 1. The third-order valence-electron chi connectivity index (χ3n) is 3.71. The summed E-state index contributed by atoms with van der Waals surface area (Å²) in [7, 11) is 3.64. The number of aryl methyl sites for hydroxylation is 1. The largest absolute Gasteiger partial charge is 0.497 e. The Hall–Kier alpha value is -1.85. The van der Waals surface area contributed by atoms with E-state index in [9.17, 15) is 4.79 Å². The predicted octanol–water partition coefficient (Wildman–Crippen LogP) is 3.96. The molecular weight excluding hydrogens is 368 g/mol. The van der Waals surface area contributed by atoms with Crippen LogP contribution in [0.5, 0.6) is 5.75 Å². The van der Waals surface area contributed by atoms with Gasteiger partial charge in [0.25, 0.3) is 0 Å². The number of halogens is 1. The van der Waals surface area contributed by atoms with E-state index >= 15 is 0 Å². The molecule has 5 heteroatoms. The minimum absolute atomic E-state index is 0.00395. The second-order valence-corrected chi connectivity index (χ2v) is 6.66. The number of likely N-dealkylation sites (N-methyl/N-ethyl adjacent to an activating group) is 1. The van der Waals surface area contributed by atoms with Crippen molar-refractivity contribution in [3.8, 4) is 5.75 Å². The van der Waals surface area contributed by atoms with Gasteiger partial charge in [0, 0.05) is 10.2 Å². The van der Waals surface area contributed by atoms with Crippen molar-refractivity contribution < 1.29 is 9.53 Å². The molecule has 0 radical (unpaired) electrons. The predicted molar refractivity (Wildman–Crippen MR) is 102 cm³/mol. The average Bonchev–Trinajstić information content (AvgIpc) is 2.57. The summed E-state index contributed by atoms with van der Waals surface area (Å²) in [5, 5.41) is 2.91. The van der Waals surface area contributed by atoms with Crippen LogP contribution in [0.3, 0.4) is 0 Å². The minimum Gasteiger partial charge on any atom is -0.497 e. The lowest BCUT2D eigenvalue weighted by atomic mass is 10.1. The van der Waals surface area contributed by atoms with Crippen molar-refractivity contribution in [2.75, 3.05) is 32.6 Å². The second kappa shape index (κ2) is 9.45. The summed E-state index contributed by atoms with van der Waals surface area (Å²) in [6.07, 6.45) is 2.00. The Morgan fingerprint density at radius 2 is 1.79 bits per heavy atom. The first-order chi connectivity index (χ1) is 11.6. The molecule has 0 spiro atoms. The van der Waals surface area contributed by atoms with Crippen molar-refractivity contribution >= 4 is 27.5 Å². The number of rotatable bonds is 8. The van der Waals surface area contributed by atoms with Crippen LogP contribution in [0.15, 0.2) is 53.0 Å². The van der Waals surface area contributed by atoms with Gasteiger partial charge in [0.2, 0.25) is 5.91 Å². The van der Waals surface area contributed by atoms with Gasteiger partial charge in [0.15, 0.2) is 0 Å². The normalized spacial score (nSPS) is 10.7. The first-order valence-electron chi connectivity index (χ1n) is 7.93. The summed E-state index contributed by atoms with van der Waals surface area (Å²) in [4.78, 5) is 14.1. The molecule has 0 aliphatic carbocycles. The fourth-order valence-electron chi connectivity index (χ4n) is 2.40. The molecule has 4 nitrogen and oxygen atoms in total. The topological polar surface area (TPSA) is 41.6 Å². The van der Waals surface area contributed by atoms with Crippen molar-refractivity contribution in [1.82, 2.24) is 4.90 Å². The quantitative estimate of drug-likeness (QED) is 0.741. The van der Waals surface area contributed by atoms with Crippen molar-refractivity contribution in [3.05, 3.63) is 58.6 Å². The Morgan fingerprint density at radius 1 is 1.12 bits per heavy atom. The van der Waals surface area contributed by atoms with Gasteiger partial charge in [-0.3, -0.25) is 9.69 Å². The zero-order valence-electron chi connectivity index (χ0n) is 14.1.